The molecule has 150 valence electrons. The highest BCUT2D eigenvalue weighted by Gasteiger charge is 2.18. The standard InChI is InChI=1S/C21H26N2O4S/c1-3-4-12-22-21(25)18-7-5-6-17(13-18)14-28(26,27)15-20(24)23-19-10-8-16(2)9-11-19/h5-11,13H,3-4,12,14-15H2,1-2H3,(H,22,25)(H,23,24). The highest BCUT2D eigenvalue weighted by atomic mass is 32.2. The van der Waals surface area contributed by atoms with Gasteiger partial charge in [0.1, 0.15) is 5.75 Å². The number of amides is 2. The van der Waals surface area contributed by atoms with Crippen molar-refractivity contribution in [2.45, 2.75) is 32.4 Å². The number of benzene rings is 2. The fraction of sp³-hybridized carbons (Fsp3) is 0.333. The molecule has 0 aromatic heterocycles. The van der Waals surface area contributed by atoms with Gasteiger partial charge in [-0.05, 0) is 43.2 Å². The molecule has 2 N–H and O–H groups in total. The Morgan fingerprint density at radius 2 is 1.75 bits per heavy atom. The minimum Gasteiger partial charge on any atom is -0.352 e. The summed E-state index contributed by atoms with van der Waals surface area (Å²) in [6.45, 7) is 4.54. The summed E-state index contributed by atoms with van der Waals surface area (Å²) in [6.07, 6.45) is 1.86. The number of nitrogens with one attached hydrogen (secondary N) is 2. The van der Waals surface area contributed by atoms with Gasteiger partial charge in [0.05, 0.1) is 5.75 Å². The minimum atomic E-state index is -3.67. The summed E-state index contributed by atoms with van der Waals surface area (Å²) in [5, 5.41) is 5.39. The number of unbranched alkanes of at least 4 members (excludes halogenated alkanes) is 1. The number of anilines is 1. The van der Waals surface area contributed by atoms with E-state index in [-0.39, 0.29) is 11.7 Å². The van der Waals surface area contributed by atoms with Crippen LogP contribution in [0.15, 0.2) is 48.5 Å². The fourth-order valence-electron chi connectivity index (χ4n) is 2.62. The summed E-state index contributed by atoms with van der Waals surface area (Å²) in [4.78, 5) is 24.2. The van der Waals surface area contributed by atoms with Gasteiger partial charge in [-0.15, -0.1) is 0 Å². The van der Waals surface area contributed by atoms with Gasteiger partial charge >= 0.3 is 0 Å². The van der Waals surface area contributed by atoms with Crippen LogP contribution in [0.1, 0.15) is 41.3 Å². The van der Waals surface area contributed by atoms with E-state index in [4.69, 9.17) is 0 Å². The zero-order chi connectivity index (χ0) is 20.6. The molecule has 7 heteroatoms. The lowest BCUT2D eigenvalue weighted by Crippen LogP contribution is -2.25. The molecule has 0 aliphatic carbocycles. The van der Waals surface area contributed by atoms with E-state index in [2.05, 4.69) is 10.6 Å². The van der Waals surface area contributed by atoms with Crippen molar-refractivity contribution in [1.82, 2.24) is 5.32 Å². The third-order valence-corrected chi connectivity index (χ3v) is 5.55. The average Bonchev–Trinajstić information content (AvgIpc) is 2.63. The van der Waals surface area contributed by atoms with E-state index in [0.29, 0.717) is 23.4 Å². The molecule has 2 aromatic rings. The lowest BCUT2D eigenvalue weighted by atomic mass is 10.1. The van der Waals surface area contributed by atoms with E-state index in [0.717, 1.165) is 18.4 Å². The second-order valence-electron chi connectivity index (χ2n) is 6.76. The first-order valence-corrected chi connectivity index (χ1v) is 11.1. The van der Waals surface area contributed by atoms with Gasteiger partial charge in [0.15, 0.2) is 9.84 Å². The Kier molecular flexibility index (Phi) is 7.75. The van der Waals surface area contributed by atoms with Crippen molar-refractivity contribution < 1.29 is 18.0 Å². The number of carbonyl (C=O) groups excluding carboxylic acids is 2. The number of hydrogen-bond acceptors (Lipinski definition) is 4. The van der Waals surface area contributed by atoms with Crippen molar-refractivity contribution >= 4 is 27.3 Å². The van der Waals surface area contributed by atoms with Gasteiger partial charge < -0.3 is 10.6 Å². The van der Waals surface area contributed by atoms with Gasteiger partial charge in [-0.1, -0.05) is 43.2 Å². The molecule has 0 saturated carbocycles. The molecular formula is C21H26N2O4S. The Morgan fingerprint density at radius 3 is 2.43 bits per heavy atom. The maximum Gasteiger partial charge on any atom is 0.251 e. The van der Waals surface area contributed by atoms with Crippen LogP contribution in [0.5, 0.6) is 0 Å². The van der Waals surface area contributed by atoms with Crippen LogP contribution < -0.4 is 10.6 Å². The molecule has 0 atom stereocenters. The molecule has 0 bridgehead atoms. The Labute approximate surface area is 166 Å². The predicted octanol–water partition coefficient (Wildman–Crippen LogP) is 3.08. The van der Waals surface area contributed by atoms with E-state index in [1.165, 1.54) is 0 Å². The highest BCUT2D eigenvalue weighted by molar-refractivity contribution is 7.91. The van der Waals surface area contributed by atoms with Crippen molar-refractivity contribution in [3.63, 3.8) is 0 Å². The van der Waals surface area contributed by atoms with Gasteiger partial charge in [0.2, 0.25) is 5.91 Å². The first-order valence-electron chi connectivity index (χ1n) is 9.23. The summed E-state index contributed by atoms with van der Waals surface area (Å²) in [5.41, 5.74) is 2.49. The summed E-state index contributed by atoms with van der Waals surface area (Å²) in [5.74, 6) is -1.74. The predicted molar refractivity (Wildman–Crippen MR) is 111 cm³/mol. The van der Waals surface area contributed by atoms with Crippen LogP contribution >= 0.6 is 0 Å². The van der Waals surface area contributed by atoms with Crippen LogP contribution in [-0.2, 0) is 20.4 Å². The molecule has 0 aliphatic rings. The molecule has 2 rings (SSSR count). The molecule has 0 spiro atoms. The highest BCUT2D eigenvalue weighted by Crippen LogP contribution is 2.12. The summed E-state index contributed by atoms with van der Waals surface area (Å²) in [7, 11) is -3.67. The Hall–Kier alpha value is -2.67. The van der Waals surface area contributed by atoms with Gasteiger partial charge in [-0.25, -0.2) is 8.42 Å². The normalized spacial score (nSPS) is 11.1. The SMILES string of the molecule is CCCCNC(=O)c1cccc(CS(=O)(=O)CC(=O)Nc2ccc(C)cc2)c1. The molecular weight excluding hydrogens is 376 g/mol. The van der Waals surface area contributed by atoms with E-state index in [1.54, 1.807) is 36.4 Å². The zero-order valence-electron chi connectivity index (χ0n) is 16.2. The van der Waals surface area contributed by atoms with Crippen LogP contribution in [-0.4, -0.2) is 32.5 Å². The van der Waals surface area contributed by atoms with Crippen molar-refractivity contribution in [3.8, 4) is 0 Å². The van der Waals surface area contributed by atoms with Crippen molar-refractivity contribution in [2.75, 3.05) is 17.6 Å². The number of aryl methyl sites for hydroxylation is 1. The van der Waals surface area contributed by atoms with Crippen molar-refractivity contribution in [1.29, 1.82) is 0 Å². The largest absolute Gasteiger partial charge is 0.352 e. The Balaban J connectivity index is 1.97. The third kappa shape index (κ3) is 7.15. The lowest BCUT2D eigenvalue weighted by Gasteiger charge is -2.09. The average molecular weight is 403 g/mol. The second-order valence-corrected chi connectivity index (χ2v) is 8.82. The fourth-order valence-corrected chi connectivity index (χ4v) is 3.88. The molecule has 0 radical (unpaired) electrons. The molecule has 0 aliphatic heterocycles. The molecule has 2 aromatic carbocycles. The maximum absolute atomic E-state index is 12.4. The number of carbonyl (C=O) groups is 2. The van der Waals surface area contributed by atoms with Crippen LogP contribution in [0.25, 0.3) is 0 Å². The van der Waals surface area contributed by atoms with E-state index in [9.17, 15) is 18.0 Å². The molecule has 0 saturated heterocycles. The van der Waals surface area contributed by atoms with Crippen LogP contribution in [0.2, 0.25) is 0 Å². The van der Waals surface area contributed by atoms with Crippen molar-refractivity contribution in [3.05, 3.63) is 65.2 Å². The van der Waals surface area contributed by atoms with Crippen molar-refractivity contribution in [2.24, 2.45) is 0 Å². The van der Waals surface area contributed by atoms with Gasteiger partial charge in [-0.2, -0.15) is 0 Å². The molecule has 2 amide bonds. The minimum absolute atomic E-state index is 0.232. The summed E-state index contributed by atoms with van der Waals surface area (Å²) in [6, 6.07) is 13.6. The van der Waals surface area contributed by atoms with Crippen LogP contribution in [0.3, 0.4) is 0 Å². The summed E-state index contributed by atoms with van der Waals surface area (Å²) >= 11 is 0. The number of hydrogen-bond donors (Lipinski definition) is 2. The van der Waals surface area contributed by atoms with E-state index in [1.807, 2.05) is 26.0 Å². The Morgan fingerprint density at radius 1 is 1.04 bits per heavy atom. The van der Waals surface area contributed by atoms with Gasteiger partial charge in [0.25, 0.3) is 5.91 Å². The lowest BCUT2D eigenvalue weighted by molar-refractivity contribution is -0.113. The maximum atomic E-state index is 12.4. The Bertz CT molecular complexity index is 922. The topological polar surface area (TPSA) is 92.3 Å². The molecule has 0 fully saturated rings. The van der Waals surface area contributed by atoms with Gasteiger partial charge in [-0.3, -0.25) is 9.59 Å². The second kappa shape index (κ2) is 10.0. The van der Waals surface area contributed by atoms with E-state index < -0.39 is 21.5 Å². The first kappa shape index (κ1) is 21.6. The van der Waals surface area contributed by atoms with E-state index >= 15 is 0 Å². The van der Waals surface area contributed by atoms with Gasteiger partial charge in [0, 0.05) is 17.8 Å². The first-order chi connectivity index (χ1) is 13.3. The van der Waals surface area contributed by atoms with Crippen LogP contribution in [0.4, 0.5) is 5.69 Å². The summed E-state index contributed by atoms with van der Waals surface area (Å²) < 4.78 is 24.8. The number of rotatable bonds is 9. The smallest absolute Gasteiger partial charge is 0.251 e. The molecule has 0 unspecified atom stereocenters. The number of sulfone groups is 1. The zero-order valence-corrected chi connectivity index (χ0v) is 17.0. The third-order valence-electron chi connectivity index (χ3n) is 4.08. The molecule has 6 nitrogen and oxygen atoms in total. The quantitative estimate of drug-likeness (QED) is 0.631. The molecule has 28 heavy (non-hydrogen) atoms. The monoisotopic (exact) mass is 402 g/mol. The van der Waals surface area contributed by atoms with Crippen LogP contribution in [0, 0.1) is 6.92 Å². The molecule has 0 heterocycles.